The van der Waals surface area contributed by atoms with Gasteiger partial charge in [-0.15, -0.1) is 0 Å². The molecule has 1 unspecified atom stereocenters. The number of carbonyl (C=O) groups is 3. The van der Waals surface area contributed by atoms with Crippen molar-refractivity contribution >= 4 is 17.9 Å². The predicted molar refractivity (Wildman–Crippen MR) is 274 cm³/mol. The molecule has 0 rings (SSSR count). The zero-order chi connectivity index (χ0) is 46.5. The highest BCUT2D eigenvalue weighted by Crippen LogP contribution is 2.09. The van der Waals surface area contributed by atoms with Gasteiger partial charge in [-0.2, -0.15) is 0 Å². The molecule has 0 aliphatic heterocycles. The van der Waals surface area contributed by atoms with Gasteiger partial charge in [-0.1, -0.05) is 209 Å². The number of esters is 3. The minimum Gasteiger partial charge on any atom is -0.462 e. The van der Waals surface area contributed by atoms with Crippen molar-refractivity contribution in [3.05, 3.63) is 182 Å². The van der Waals surface area contributed by atoms with Gasteiger partial charge in [0.05, 0.1) is 0 Å². The normalized spacial score (nSPS) is 13.7. The van der Waals surface area contributed by atoms with Crippen molar-refractivity contribution in [2.45, 2.75) is 149 Å². The molecule has 1 atom stereocenters. The van der Waals surface area contributed by atoms with E-state index in [4.69, 9.17) is 14.2 Å². The molecule has 0 aromatic carbocycles. The predicted octanol–water partition coefficient (Wildman–Crippen LogP) is 15.8. The smallest absolute Gasteiger partial charge is 0.306 e. The summed E-state index contributed by atoms with van der Waals surface area (Å²) < 4.78 is 16.6. The van der Waals surface area contributed by atoms with Crippen molar-refractivity contribution in [3.63, 3.8) is 0 Å². The third-order valence-corrected chi connectivity index (χ3v) is 8.84. The van der Waals surface area contributed by atoms with Gasteiger partial charge in [0.1, 0.15) is 13.2 Å². The molecule has 0 bridgehead atoms. The highest BCUT2D eigenvalue weighted by atomic mass is 16.6. The van der Waals surface area contributed by atoms with E-state index in [0.29, 0.717) is 19.3 Å². The molecule has 6 nitrogen and oxygen atoms in total. The van der Waals surface area contributed by atoms with Crippen molar-refractivity contribution in [3.8, 4) is 0 Å². The van der Waals surface area contributed by atoms with Crippen LogP contribution in [-0.4, -0.2) is 37.2 Å². The highest BCUT2D eigenvalue weighted by molar-refractivity contribution is 5.71. The van der Waals surface area contributed by atoms with Gasteiger partial charge in [0.2, 0.25) is 0 Å². The lowest BCUT2D eigenvalue weighted by molar-refractivity contribution is -0.166. The molecule has 0 aromatic rings. The SMILES string of the molecule is CC\C=C/C=C\C=C/C=C\C=C\C=C/C=C\CCCCCC(=O)OCC(COC(=O)CCC/C=C\C/C=C\C/C=C\CC)OC(=O)CC/C=C\C/C=C\C/C=C\C/C=C\C/C=C\CC. The first-order valence-electron chi connectivity index (χ1n) is 23.9. The molecule has 0 fully saturated rings. The molecule has 0 aliphatic rings. The summed E-state index contributed by atoms with van der Waals surface area (Å²) in [6, 6.07) is 0. The van der Waals surface area contributed by atoms with Gasteiger partial charge in [0.25, 0.3) is 0 Å². The number of hydrogen-bond acceptors (Lipinski definition) is 6. The first-order valence-corrected chi connectivity index (χ1v) is 23.9. The second-order valence-corrected chi connectivity index (χ2v) is 14.7. The first kappa shape index (κ1) is 58.5. The molecule has 0 aliphatic carbocycles. The Labute approximate surface area is 389 Å². The second kappa shape index (κ2) is 50.2. The van der Waals surface area contributed by atoms with Gasteiger partial charge >= 0.3 is 17.9 Å². The minimum absolute atomic E-state index is 0.158. The van der Waals surface area contributed by atoms with E-state index in [1.807, 2.05) is 85.1 Å². The molecule has 64 heavy (non-hydrogen) atoms. The second-order valence-electron chi connectivity index (χ2n) is 14.7. The van der Waals surface area contributed by atoms with Crippen molar-refractivity contribution in [2.75, 3.05) is 13.2 Å². The van der Waals surface area contributed by atoms with E-state index in [1.54, 1.807) is 0 Å². The van der Waals surface area contributed by atoms with Crippen molar-refractivity contribution in [1.82, 2.24) is 0 Å². The Morgan fingerprint density at radius 2 is 0.688 bits per heavy atom. The quantitative estimate of drug-likeness (QED) is 0.0201. The van der Waals surface area contributed by atoms with Crippen LogP contribution in [0.15, 0.2) is 182 Å². The standard InChI is InChI=1S/C58H82O6/c1-4-7-10-13-16-19-22-24-26-28-29-30-32-33-36-39-42-45-48-51-57(60)63-54-55(53-62-56(59)50-47-44-41-38-35-21-18-15-12-9-6-3)64-58(61)52-49-46-43-40-37-34-31-27-25-23-20-17-14-11-8-5-2/h7-13,16-22,24-30,32-34,36-38,41,43,46,55H,4-6,14-15,23,31,35,39-40,42,44-45,47-54H2,1-3H3/b10-7-,11-8-,12-9-,16-13-,20-17-,21-18-,22-19-,26-24-,27-25-,29-28+,32-30-,36-33-,37-34-,41-38-,46-43-. The maximum atomic E-state index is 12.7. The maximum absolute atomic E-state index is 12.7. The van der Waals surface area contributed by atoms with E-state index in [-0.39, 0.29) is 44.4 Å². The molecule has 0 radical (unpaired) electrons. The van der Waals surface area contributed by atoms with Crippen LogP contribution in [0.2, 0.25) is 0 Å². The van der Waals surface area contributed by atoms with E-state index in [0.717, 1.165) is 83.5 Å². The number of allylic oxidation sites excluding steroid dienone is 30. The molecule has 0 saturated carbocycles. The lowest BCUT2D eigenvalue weighted by atomic mass is 10.1. The van der Waals surface area contributed by atoms with E-state index in [9.17, 15) is 14.4 Å². The molecule has 0 amide bonds. The third-order valence-electron chi connectivity index (χ3n) is 8.84. The fraction of sp³-hybridized carbons (Fsp3) is 0.431. The Hall–Kier alpha value is -5.49. The van der Waals surface area contributed by atoms with E-state index >= 15 is 0 Å². The summed E-state index contributed by atoms with van der Waals surface area (Å²) >= 11 is 0. The fourth-order valence-electron chi connectivity index (χ4n) is 5.38. The highest BCUT2D eigenvalue weighted by Gasteiger charge is 2.19. The third kappa shape index (κ3) is 47.6. The summed E-state index contributed by atoms with van der Waals surface area (Å²) in [5.41, 5.74) is 0. The Morgan fingerprint density at radius 1 is 0.328 bits per heavy atom. The Bertz CT molecular complexity index is 1610. The van der Waals surface area contributed by atoms with Gasteiger partial charge in [-0.25, -0.2) is 0 Å². The zero-order valence-electron chi connectivity index (χ0n) is 39.7. The Kier molecular flexibility index (Phi) is 45.9. The molecular weight excluding hydrogens is 793 g/mol. The van der Waals surface area contributed by atoms with Crippen LogP contribution in [0.1, 0.15) is 143 Å². The Morgan fingerprint density at radius 3 is 1.14 bits per heavy atom. The van der Waals surface area contributed by atoms with Crippen LogP contribution >= 0.6 is 0 Å². The average molecular weight is 875 g/mol. The van der Waals surface area contributed by atoms with E-state index in [1.165, 1.54) is 0 Å². The molecule has 0 aromatic heterocycles. The number of rotatable bonds is 39. The van der Waals surface area contributed by atoms with Crippen LogP contribution in [-0.2, 0) is 28.6 Å². The summed E-state index contributed by atoms with van der Waals surface area (Å²) in [6.45, 7) is 6.05. The van der Waals surface area contributed by atoms with E-state index in [2.05, 4.69) is 118 Å². The van der Waals surface area contributed by atoms with Gasteiger partial charge in [-0.05, 0) is 96.3 Å². The molecule has 0 heterocycles. The van der Waals surface area contributed by atoms with Crippen LogP contribution in [0.4, 0.5) is 0 Å². The Balaban J connectivity index is 4.69. The van der Waals surface area contributed by atoms with Crippen molar-refractivity contribution in [2.24, 2.45) is 0 Å². The van der Waals surface area contributed by atoms with Gasteiger partial charge in [-0.3, -0.25) is 14.4 Å². The number of carbonyl (C=O) groups excluding carboxylic acids is 3. The summed E-state index contributed by atoms with van der Waals surface area (Å²) in [5.74, 6) is -1.16. The maximum Gasteiger partial charge on any atom is 0.306 e. The zero-order valence-corrected chi connectivity index (χ0v) is 39.7. The van der Waals surface area contributed by atoms with Crippen LogP contribution in [0.5, 0.6) is 0 Å². The number of unbranched alkanes of at least 4 members (excludes halogenated alkanes) is 4. The summed E-state index contributed by atoms with van der Waals surface area (Å²) in [6.07, 6.45) is 76.1. The van der Waals surface area contributed by atoms with Gasteiger partial charge < -0.3 is 14.2 Å². The van der Waals surface area contributed by atoms with Crippen LogP contribution in [0, 0.1) is 0 Å². The summed E-state index contributed by atoms with van der Waals surface area (Å²) in [5, 5.41) is 0. The number of hydrogen-bond donors (Lipinski definition) is 0. The minimum atomic E-state index is -0.867. The van der Waals surface area contributed by atoms with Crippen molar-refractivity contribution < 1.29 is 28.6 Å². The first-order chi connectivity index (χ1) is 31.5. The topological polar surface area (TPSA) is 78.9 Å². The molecule has 0 spiro atoms. The molecule has 6 heteroatoms. The largest absolute Gasteiger partial charge is 0.462 e. The van der Waals surface area contributed by atoms with E-state index < -0.39 is 12.1 Å². The summed E-state index contributed by atoms with van der Waals surface area (Å²) in [7, 11) is 0. The molecule has 350 valence electrons. The fourth-order valence-corrected chi connectivity index (χ4v) is 5.38. The van der Waals surface area contributed by atoms with Crippen LogP contribution in [0.25, 0.3) is 0 Å². The van der Waals surface area contributed by atoms with Crippen LogP contribution in [0.3, 0.4) is 0 Å². The van der Waals surface area contributed by atoms with Gasteiger partial charge in [0.15, 0.2) is 6.10 Å². The van der Waals surface area contributed by atoms with Crippen molar-refractivity contribution in [1.29, 1.82) is 0 Å². The molecule has 0 N–H and O–H groups in total. The molecular formula is C58H82O6. The van der Waals surface area contributed by atoms with Gasteiger partial charge in [0, 0.05) is 19.3 Å². The summed E-state index contributed by atoms with van der Waals surface area (Å²) in [4.78, 5) is 37.8. The molecule has 0 saturated heterocycles. The average Bonchev–Trinajstić information content (AvgIpc) is 3.29. The lowest BCUT2D eigenvalue weighted by Crippen LogP contribution is -2.30. The number of ether oxygens (including phenoxy) is 3. The van der Waals surface area contributed by atoms with Crippen LogP contribution < -0.4 is 0 Å². The lowest BCUT2D eigenvalue weighted by Gasteiger charge is -2.18. The monoisotopic (exact) mass is 875 g/mol.